The van der Waals surface area contributed by atoms with Gasteiger partial charge in [-0.05, 0) is 40.5 Å². The first-order chi connectivity index (χ1) is 13.7. The molecule has 0 saturated carbocycles. The molecule has 0 aliphatic carbocycles. The lowest BCUT2D eigenvalue weighted by Crippen LogP contribution is -2.38. The van der Waals surface area contributed by atoms with Gasteiger partial charge in [0.1, 0.15) is 18.3 Å². The number of carbonyl (C=O) groups is 2. The number of hydrogen-bond donors (Lipinski definition) is 0. The Balaban J connectivity index is 2.24. The second-order valence-corrected chi connectivity index (χ2v) is 7.23. The van der Waals surface area contributed by atoms with E-state index in [9.17, 15) is 18.8 Å². The Morgan fingerprint density at radius 2 is 2.07 bits per heavy atom. The molecule has 154 valence electrons. The van der Waals surface area contributed by atoms with Crippen LogP contribution in [0.1, 0.15) is 30.9 Å². The number of hydrogen-bond acceptors (Lipinski definition) is 7. The molecule has 0 N–H and O–H groups in total. The van der Waals surface area contributed by atoms with E-state index in [0.717, 1.165) is 0 Å². The smallest absolute Gasteiger partial charge is 0.363 e. The summed E-state index contributed by atoms with van der Waals surface area (Å²) in [6.45, 7) is 2.72. The normalized spacial score (nSPS) is 18.0. The fraction of sp³-hybridized carbons (Fsp3) is 0.368. The summed E-state index contributed by atoms with van der Waals surface area (Å²) < 4.78 is 30.6. The molecular formula is C19H18BrFN2O6. The quantitative estimate of drug-likeness (QED) is 0.625. The van der Waals surface area contributed by atoms with Gasteiger partial charge in [0, 0.05) is 19.9 Å². The Morgan fingerprint density at radius 1 is 1.34 bits per heavy atom. The van der Waals surface area contributed by atoms with Crippen LogP contribution in [-0.4, -0.2) is 35.6 Å². The first-order valence-corrected chi connectivity index (χ1v) is 9.56. The van der Waals surface area contributed by atoms with E-state index in [0.29, 0.717) is 5.56 Å². The van der Waals surface area contributed by atoms with Crippen molar-refractivity contribution >= 4 is 39.4 Å². The summed E-state index contributed by atoms with van der Waals surface area (Å²) in [4.78, 5) is 41.1. The first-order valence-electron chi connectivity index (χ1n) is 8.77. The minimum atomic E-state index is -1.05. The summed E-state index contributed by atoms with van der Waals surface area (Å²) in [7, 11) is 1.50. The molecule has 0 amide bonds. The molecule has 1 aromatic carbocycles. The van der Waals surface area contributed by atoms with Gasteiger partial charge < -0.3 is 14.0 Å². The number of fused-ring (bicyclic) bond motifs is 1. The maximum Gasteiger partial charge on any atom is 0.363 e. The van der Waals surface area contributed by atoms with Crippen molar-refractivity contribution in [1.29, 1.82) is 0 Å². The zero-order valence-electron chi connectivity index (χ0n) is 15.9. The molecular weight excluding hydrogens is 451 g/mol. The van der Waals surface area contributed by atoms with E-state index < -0.39 is 35.2 Å². The zero-order chi connectivity index (χ0) is 21.3. The van der Waals surface area contributed by atoms with Gasteiger partial charge in [0.2, 0.25) is 0 Å². The average Bonchev–Trinajstić information content (AvgIpc) is 2.95. The van der Waals surface area contributed by atoms with Crippen LogP contribution < -0.4 is 5.63 Å². The molecule has 0 fully saturated rings. The third-order valence-electron chi connectivity index (χ3n) is 4.50. The molecule has 8 nitrogen and oxygen atoms in total. The lowest BCUT2D eigenvalue weighted by atomic mass is 9.77. The fourth-order valence-corrected chi connectivity index (χ4v) is 3.70. The van der Waals surface area contributed by atoms with Gasteiger partial charge in [-0.1, -0.05) is 6.07 Å². The van der Waals surface area contributed by atoms with E-state index in [1.54, 1.807) is 6.92 Å². The molecule has 2 atom stereocenters. The molecule has 29 heavy (non-hydrogen) atoms. The highest BCUT2D eigenvalue weighted by molar-refractivity contribution is 9.10. The number of benzene rings is 1. The van der Waals surface area contributed by atoms with Crippen molar-refractivity contribution in [3.8, 4) is 0 Å². The van der Waals surface area contributed by atoms with Crippen molar-refractivity contribution in [1.82, 2.24) is 4.74 Å². The maximum absolute atomic E-state index is 13.8. The molecule has 10 heteroatoms. The van der Waals surface area contributed by atoms with Crippen LogP contribution in [0.2, 0.25) is 0 Å². The van der Waals surface area contributed by atoms with Crippen LogP contribution in [0.25, 0.3) is 0 Å². The molecule has 0 bridgehead atoms. The SMILES string of the molecule is CCOC(=O)C1C(COC(C)=O)=Nc2c(c(=O)on2C)C1c1ccc(F)c(Br)c1. The number of aliphatic imine (C=N–C) groups is 1. The van der Waals surface area contributed by atoms with Crippen molar-refractivity contribution in [3.05, 3.63) is 50.0 Å². The summed E-state index contributed by atoms with van der Waals surface area (Å²) in [5.41, 5.74) is 0.160. The fourth-order valence-electron chi connectivity index (χ4n) is 3.31. The number of aryl methyl sites for hydroxylation is 1. The zero-order valence-corrected chi connectivity index (χ0v) is 17.5. The highest BCUT2D eigenvalue weighted by Gasteiger charge is 2.44. The second-order valence-electron chi connectivity index (χ2n) is 6.38. The van der Waals surface area contributed by atoms with Crippen molar-refractivity contribution in [2.75, 3.05) is 13.2 Å². The third kappa shape index (κ3) is 4.02. The van der Waals surface area contributed by atoms with Gasteiger partial charge in [-0.15, -0.1) is 0 Å². The Kier molecular flexibility index (Phi) is 6.02. The third-order valence-corrected chi connectivity index (χ3v) is 5.11. The summed E-state index contributed by atoms with van der Waals surface area (Å²) >= 11 is 3.13. The second kappa shape index (κ2) is 8.32. The largest absolute Gasteiger partial charge is 0.465 e. The number of carbonyl (C=O) groups excluding carboxylic acids is 2. The van der Waals surface area contributed by atoms with Gasteiger partial charge in [0.15, 0.2) is 5.82 Å². The molecule has 3 rings (SSSR count). The van der Waals surface area contributed by atoms with Crippen LogP contribution in [0.4, 0.5) is 10.2 Å². The predicted molar refractivity (Wildman–Crippen MR) is 104 cm³/mol. The van der Waals surface area contributed by atoms with E-state index in [1.165, 1.54) is 36.9 Å². The first kappa shape index (κ1) is 21.0. The number of esters is 2. The highest BCUT2D eigenvalue weighted by atomic mass is 79.9. The number of aromatic nitrogens is 1. The Morgan fingerprint density at radius 3 is 2.69 bits per heavy atom. The van der Waals surface area contributed by atoms with Crippen LogP contribution in [0.5, 0.6) is 0 Å². The summed E-state index contributed by atoms with van der Waals surface area (Å²) in [5.74, 6) is -3.40. The molecule has 0 spiro atoms. The van der Waals surface area contributed by atoms with E-state index in [4.69, 9.17) is 14.0 Å². The van der Waals surface area contributed by atoms with Crippen LogP contribution in [0.15, 0.2) is 37.0 Å². The lowest BCUT2D eigenvalue weighted by Gasteiger charge is -2.29. The van der Waals surface area contributed by atoms with Crippen molar-refractivity contribution in [3.63, 3.8) is 0 Å². The number of nitrogens with zero attached hydrogens (tertiary/aromatic N) is 2. The van der Waals surface area contributed by atoms with Crippen LogP contribution in [0, 0.1) is 11.7 Å². The molecule has 1 aliphatic heterocycles. The summed E-state index contributed by atoms with van der Waals surface area (Å²) in [5, 5.41) is 0. The van der Waals surface area contributed by atoms with Crippen LogP contribution in [0.3, 0.4) is 0 Å². The van der Waals surface area contributed by atoms with Crippen LogP contribution in [-0.2, 0) is 26.1 Å². The number of halogens is 2. The van der Waals surface area contributed by atoms with Gasteiger partial charge in [0.25, 0.3) is 0 Å². The Labute approximate surface area is 173 Å². The van der Waals surface area contributed by atoms with Gasteiger partial charge in [-0.25, -0.2) is 14.2 Å². The van der Waals surface area contributed by atoms with Crippen molar-refractivity contribution in [2.24, 2.45) is 18.0 Å². The van der Waals surface area contributed by atoms with E-state index in [-0.39, 0.29) is 34.8 Å². The summed E-state index contributed by atoms with van der Waals surface area (Å²) in [6.07, 6.45) is 0. The van der Waals surface area contributed by atoms with E-state index in [1.807, 2.05) is 0 Å². The monoisotopic (exact) mass is 468 g/mol. The maximum atomic E-state index is 13.8. The van der Waals surface area contributed by atoms with Crippen molar-refractivity contribution < 1.29 is 28.0 Å². The molecule has 2 heterocycles. The predicted octanol–water partition coefficient (Wildman–Crippen LogP) is 2.84. The van der Waals surface area contributed by atoms with Crippen LogP contribution >= 0.6 is 15.9 Å². The molecule has 1 aliphatic rings. The number of ether oxygens (including phenoxy) is 2. The average molecular weight is 469 g/mol. The van der Waals surface area contributed by atoms with E-state index >= 15 is 0 Å². The van der Waals surface area contributed by atoms with Gasteiger partial charge in [0.05, 0.1) is 22.4 Å². The number of rotatable bonds is 5. The highest BCUT2D eigenvalue weighted by Crippen LogP contribution is 2.42. The Hall–Kier alpha value is -2.75. The lowest BCUT2D eigenvalue weighted by molar-refractivity contribution is -0.147. The van der Waals surface area contributed by atoms with Gasteiger partial charge >= 0.3 is 17.6 Å². The Bertz CT molecular complexity index is 1060. The molecule has 2 unspecified atom stereocenters. The molecule has 0 saturated heterocycles. The molecule has 0 radical (unpaired) electrons. The minimum absolute atomic E-state index is 0.103. The van der Waals surface area contributed by atoms with Gasteiger partial charge in [-0.3, -0.25) is 9.59 Å². The molecule has 2 aromatic rings. The van der Waals surface area contributed by atoms with Crippen molar-refractivity contribution in [2.45, 2.75) is 19.8 Å². The molecule has 1 aromatic heterocycles. The topological polar surface area (TPSA) is 100 Å². The standard InChI is InChI=1S/C19H18BrFN2O6/c1-4-27-18(25)15-13(8-28-9(2)24)22-17-16(19(26)29-23(17)3)14(15)10-5-6-12(21)11(20)7-10/h5-7,14-15H,4,8H2,1-3H3. The van der Waals surface area contributed by atoms with E-state index in [2.05, 4.69) is 20.9 Å². The minimum Gasteiger partial charge on any atom is -0.465 e. The van der Waals surface area contributed by atoms with Gasteiger partial charge in [-0.2, -0.15) is 4.74 Å². The summed E-state index contributed by atoms with van der Waals surface area (Å²) in [6, 6.07) is 4.18.